The van der Waals surface area contributed by atoms with Gasteiger partial charge < -0.3 is 9.47 Å². The lowest BCUT2D eigenvalue weighted by atomic mass is 9.82. The number of anilines is 2. The molecule has 0 unspecified atom stereocenters. The summed E-state index contributed by atoms with van der Waals surface area (Å²) in [4.78, 5) is 2.27. The fourth-order valence-corrected chi connectivity index (χ4v) is 7.65. The van der Waals surface area contributed by atoms with Crippen LogP contribution in [0.4, 0.5) is 11.4 Å². The van der Waals surface area contributed by atoms with Crippen molar-refractivity contribution in [1.29, 1.82) is 0 Å². The van der Waals surface area contributed by atoms with Crippen LogP contribution in [0.15, 0.2) is 151 Å². The number of fused-ring (bicyclic) bond motifs is 8. The molecule has 0 amide bonds. The first-order chi connectivity index (χ1) is 22.5. The topological polar surface area (TPSA) is 8.17 Å². The summed E-state index contributed by atoms with van der Waals surface area (Å²) in [6, 6.07) is 44.9. The Morgan fingerprint density at radius 1 is 0.630 bits per heavy atom. The Balaban J connectivity index is 1.23. The van der Waals surface area contributed by atoms with Gasteiger partial charge in [0, 0.05) is 40.3 Å². The normalized spacial score (nSPS) is 14.2. The van der Waals surface area contributed by atoms with Gasteiger partial charge >= 0.3 is 0 Å². The molecule has 0 atom stereocenters. The van der Waals surface area contributed by atoms with E-state index < -0.39 is 0 Å². The average molecular weight is 589 g/mol. The molecule has 2 aliphatic rings. The summed E-state index contributed by atoms with van der Waals surface area (Å²) in [6.07, 6.45) is 5.96. The summed E-state index contributed by atoms with van der Waals surface area (Å²) in [7, 11) is 2.15. The largest absolute Gasteiger partial charge is 0.345 e. The van der Waals surface area contributed by atoms with E-state index in [0.29, 0.717) is 0 Å². The van der Waals surface area contributed by atoms with Crippen molar-refractivity contribution in [3.05, 3.63) is 168 Å². The third-order valence-electron chi connectivity index (χ3n) is 10.1. The molecule has 0 radical (unpaired) electrons. The lowest BCUT2D eigenvalue weighted by Gasteiger charge is -2.22. The molecule has 0 spiro atoms. The standard InChI is InChI=1S/C44H32N2/c1-44(2)39-16-10-9-15-36(39)37-24-23-34(27-40(37)44)46-41-26-19-31-13-7-8-14-35(31)43(41)38-25-22-33(28-42(38)46)45(3)32-20-17-30(18-21-32)29-11-5-4-6-12-29/h5,7-28H,1-3H3. The molecule has 0 N–H and O–H groups in total. The van der Waals surface area contributed by atoms with Gasteiger partial charge in [0.25, 0.3) is 0 Å². The molecule has 2 aliphatic carbocycles. The zero-order chi connectivity index (χ0) is 31.0. The van der Waals surface area contributed by atoms with Gasteiger partial charge in [-0.2, -0.15) is 0 Å². The molecule has 2 heteroatoms. The molecule has 7 aromatic rings. The molecule has 6 aromatic carbocycles. The summed E-state index contributed by atoms with van der Waals surface area (Å²) in [5.41, 5.74) is 19.7. The summed E-state index contributed by atoms with van der Waals surface area (Å²) in [5, 5.41) is 5.10. The molecule has 0 saturated heterocycles. The zero-order valence-corrected chi connectivity index (χ0v) is 26.2. The van der Waals surface area contributed by atoms with E-state index in [2.05, 4.69) is 169 Å². The minimum atomic E-state index is -0.0685. The number of hydrogen-bond donors (Lipinski definition) is 0. The second-order valence-electron chi connectivity index (χ2n) is 12.9. The van der Waals surface area contributed by atoms with Crippen LogP contribution in [-0.2, 0) is 5.41 Å². The third kappa shape index (κ3) is 3.85. The second-order valence-corrected chi connectivity index (χ2v) is 12.9. The van der Waals surface area contributed by atoms with E-state index >= 15 is 0 Å². The molecule has 9 rings (SSSR count). The van der Waals surface area contributed by atoms with E-state index in [1.165, 1.54) is 66.1 Å². The van der Waals surface area contributed by atoms with Crippen LogP contribution in [0.2, 0.25) is 0 Å². The molecular formula is C44H32N2. The van der Waals surface area contributed by atoms with E-state index in [9.17, 15) is 0 Å². The Morgan fingerprint density at radius 2 is 1.41 bits per heavy atom. The van der Waals surface area contributed by atoms with Crippen molar-refractivity contribution in [3.63, 3.8) is 0 Å². The Hall–Kier alpha value is -5.78. The molecule has 1 aromatic heterocycles. The van der Waals surface area contributed by atoms with E-state index in [4.69, 9.17) is 0 Å². The number of allylic oxidation sites excluding steroid dienone is 4. The third-order valence-corrected chi connectivity index (χ3v) is 10.1. The maximum Gasteiger partial charge on any atom is 0.0562 e. The molecule has 46 heavy (non-hydrogen) atoms. The van der Waals surface area contributed by atoms with Crippen LogP contribution < -0.4 is 4.90 Å². The molecule has 2 nitrogen and oxygen atoms in total. The molecule has 1 heterocycles. The monoisotopic (exact) mass is 588 g/mol. The second kappa shape index (κ2) is 9.86. The van der Waals surface area contributed by atoms with Gasteiger partial charge in [-0.1, -0.05) is 104 Å². The number of aromatic nitrogens is 1. The number of rotatable bonds is 4. The van der Waals surface area contributed by atoms with Crippen LogP contribution in [0, 0.1) is 0 Å². The fourth-order valence-electron chi connectivity index (χ4n) is 7.65. The highest BCUT2D eigenvalue weighted by atomic mass is 15.1. The van der Waals surface area contributed by atoms with E-state index in [1.807, 2.05) is 12.2 Å². The summed E-state index contributed by atoms with van der Waals surface area (Å²) >= 11 is 0. The van der Waals surface area contributed by atoms with Crippen LogP contribution in [0.3, 0.4) is 0 Å². The molecule has 0 aliphatic heterocycles. The zero-order valence-electron chi connectivity index (χ0n) is 26.2. The van der Waals surface area contributed by atoms with Gasteiger partial charge in [0.2, 0.25) is 0 Å². The Morgan fingerprint density at radius 3 is 2.26 bits per heavy atom. The van der Waals surface area contributed by atoms with Crippen molar-refractivity contribution in [1.82, 2.24) is 4.57 Å². The van der Waals surface area contributed by atoms with Gasteiger partial charge in [-0.3, -0.25) is 0 Å². The maximum atomic E-state index is 3.07. The minimum Gasteiger partial charge on any atom is -0.345 e. The summed E-state index contributed by atoms with van der Waals surface area (Å²) < 4.78 is 2.47. The lowest BCUT2D eigenvalue weighted by molar-refractivity contribution is 0.660. The van der Waals surface area contributed by atoms with Gasteiger partial charge in [-0.15, -0.1) is 0 Å². The predicted molar refractivity (Wildman–Crippen MR) is 194 cm³/mol. The fraction of sp³-hybridized carbons (Fsp3) is 0.0909. The molecule has 218 valence electrons. The van der Waals surface area contributed by atoms with Crippen molar-refractivity contribution >= 4 is 49.5 Å². The summed E-state index contributed by atoms with van der Waals surface area (Å²) in [6.45, 7) is 4.71. The first-order valence-electron chi connectivity index (χ1n) is 15.9. The highest BCUT2D eigenvalue weighted by molar-refractivity contribution is 6.21. The van der Waals surface area contributed by atoms with Crippen molar-refractivity contribution in [2.45, 2.75) is 19.3 Å². The van der Waals surface area contributed by atoms with Gasteiger partial charge in [0.05, 0.1) is 11.0 Å². The van der Waals surface area contributed by atoms with Crippen LogP contribution in [0.25, 0.3) is 55.0 Å². The smallest absolute Gasteiger partial charge is 0.0562 e. The molecule has 0 bridgehead atoms. The summed E-state index contributed by atoms with van der Waals surface area (Å²) in [5.74, 6) is 0. The van der Waals surface area contributed by atoms with Crippen molar-refractivity contribution in [2.24, 2.45) is 0 Å². The van der Waals surface area contributed by atoms with E-state index in [0.717, 1.165) is 16.9 Å². The molecule has 0 fully saturated rings. The van der Waals surface area contributed by atoms with Gasteiger partial charge in [-0.05, 0) is 105 Å². The Kier molecular flexibility index (Phi) is 5.70. The van der Waals surface area contributed by atoms with E-state index in [-0.39, 0.29) is 5.41 Å². The molecular weight excluding hydrogens is 556 g/mol. The number of nitrogens with zero attached hydrogens (tertiary/aromatic N) is 2. The van der Waals surface area contributed by atoms with Gasteiger partial charge in [0.15, 0.2) is 0 Å². The van der Waals surface area contributed by atoms with Crippen LogP contribution >= 0.6 is 0 Å². The average Bonchev–Trinajstić information content (AvgIpc) is 3.56. The van der Waals surface area contributed by atoms with Crippen molar-refractivity contribution < 1.29 is 0 Å². The SMILES string of the molecule is CN(c1ccc(C2=CC=C=C=C2)cc1)c1ccc2c3c4ccccc4ccc3n(-c3ccc4c(c3)C(C)(C)c3ccccc3-4)c2c1. The first kappa shape index (κ1) is 26.6. The molecule has 0 saturated carbocycles. The number of hydrogen-bond acceptors (Lipinski definition) is 1. The minimum absolute atomic E-state index is 0.0685. The van der Waals surface area contributed by atoms with Crippen molar-refractivity contribution in [2.75, 3.05) is 11.9 Å². The van der Waals surface area contributed by atoms with Crippen LogP contribution in [0.1, 0.15) is 30.5 Å². The van der Waals surface area contributed by atoms with Crippen LogP contribution in [-0.4, -0.2) is 11.6 Å². The van der Waals surface area contributed by atoms with E-state index in [1.54, 1.807) is 0 Å². The van der Waals surface area contributed by atoms with Crippen LogP contribution in [0.5, 0.6) is 0 Å². The Bertz CT molecular complexity index is 2520. The Labute approximate surface area is 269 Å². The number of benzene rings is 6. The maximum absolute atomic E-state index is 3.07. The van der Waals surface area contributed by atoms with Crippen molar-refractivity contribution in [3.8, 4) is 16.8 Å². The van der Waals surface area contributed by atoms with Gasteiger partial charge in [-0.25, -0.2) is 0 Å². The van der Waals surface area contributed by atoms with Gasteiger partial charge in [0.1, 0.15) is 0 Å². The highest BCUT2D eigenvalue weighted by Gasteiger charge is 2.35. The quantitative estimate of drug-likeness (QED) is 0.186. The first-order valence-corrected chi connectivity index (χ1v) is 15.9. The predicted octanol–water partition coefficient (Wildman–Crippen LogP) is 11.3. The lowest BCUT2D eigenvalue weighted by Crippen LogP contribution is -2.15. The highest BCUT2D eigenvalue weighted by Crippen LogP contribution is 2.49.